The van der Waals surface area contributed by atoms with Gasteiger partial charge in [-0.15, -0.1) is 0 Å². The second-order valence-corrected chi connectivity index (χ2v) is 6.10. The van der Waals surface area contributed by atoms with Gasteiger partial charge in [0.25, 0.3) is 0 Å². The SMILES string of the molecule is N#Cc1c(Cl)nsc1NCCCC1CCCCC1O. The molecule has 1 heterocycles. The topological polar surface area (TPSA) is 68.9 Å². The number of nitrogens with one attached hydrogen (secondary N) is 1. The second-order valence-electron chi connectivity index (χ2n) is 4.97. The molecule has 2 unspecified atom stereocenters. The van der Waals surface area contributed by atoms with Crippen LogP contribution in [-0.4, -0.2) is 22.1 Å². The van der Waals surface area contributed by atoms with Crippen molar-refractivity contribution in [2.75, 3.05) is 11.9 Å². The quantitative estimate of drug-likeness (QED) is 0.818. The molecule has 19 heavy (non-hydrogen) atoms. The summed E-state index contributed by atoms with van der Waals surface area (Å²) in [5, 5.41) is 23.1. The van der Waals surface area contributed by atoms with E-state index < -0.39 is 0 Å². The van der Waals surface area contributed by atoms with E-state index in [1.807, 2.05) is 0 Å². The average Bonchev–Trinajstić information content (AvgIpc) is 2.77. The van der Waals surface area contributed by atoms with Crippen molar-refractivity contribution in [1.82, 2.24) is 4.37 Å². The zero-order valence-corrected chi connectivity index (χ0v) is 12.3. The van der Waals surface area contributed by atoms with Crippen LogP contribution in [0.3, 0.4) is 0 Å². The van der Waals surface area contributed by atoms with Crippen molar-refractivity contribution in [1.29, 1.82) is 5.26 Å². The maximum atomic E-state index is 9.88. The van der Waals surface area contributed by atoms with Gasteiger partial charge in [-0.05, 0) is 43.1 Å². The van der Waals surface area contributed by atoms with Crippen LogP contribution in [0.5, 0.6) is 0 Å². The number of aliphatic hydroxyl groups is 1. The molecule has 0 spiro atoms. The molecule has 1 aliphatic rings. The molecule has 0 saturated heterocycles. The summed E-state index contributed by atoms with van der Waals surface area (Å²) in [4.78, 5) is 0. The molecule has 1 saturated carbocycles. The van der Waals surface area contributed by atoms with E-state index in [1.54, 1.807) is 0 Å². The Labute approximate surface area is 122 Å². The van der Waals surface area contributed by atoms with Gasteiger partial charge in [-0.25, -0.2) is 0 Å². The van der Waals surface area contributed by atoms with Crippen molar-refractivity contribution < 1.29 is 5.11 Å². The molecule has 2 atom stereocenters. The molecule has 1 fully saturated rings. The average molecular weight is 300 g/mol. The fourth-order valence-electron chi connectivity index (χ4n) is 2.58. The van der Waals surface area contributed by atoms with E-state index in [-0.39, 0.29) is 11.3 Å². The summed E-state index contributed by atoms with van der Waals surface area (Å²) < 4.78 is 3.95. The first-order chi connectivity index (χ1) is 9.22. The molecule has 104 valence electrons. The normalized spacial score (nSPS) is 23.0. The monoisotopic (exact) mass is 299 g/mol. The van der Waals surface area contributed by atoms with Gasteiger partial charge in [0.2, 0.25) is 0 Å². The maximum absolute atomic E-state index is 9.88. The van der Waals surface area contributed by atoms with Gasteiger partial charge in [0.15, 0.2) is 5.15 Å². The Morgan fingerprint density at radius 2 is 2.26 bits per heavy atom. The predicted molar refractivity (Wildman–Crippen MR) is 77.5 cm³/mol. The lowest BCUT2D eigenvalue weighted by Crippen LogP contribution is -2.24. The van der Waals surface area contributed by atoms with E-state index in [1.165, 1.54) is 18.0 Å². The van der Waals surface area contributed by atoms with Crippen molar-refractivity contribution >= 4 is 28.1 Å². The van der Waals surface area contributed by atoms with Gasteiger partial charge >= 0.3 is 0 Å². The van der Waals surface area contributed by atoms with Crippen molar-refractivity contribution in [3.8, 4) is 6.07 Å². The van der Waals surface area contributed by atoms with E-state index in [0.29, 0.717) is 11.5 Å². The summed E-state index contributed by atoms with van der Waals surface area (Å²) in [7, 11) is 0. The Bertz CT molecular complexity index is 457. The maximum Gasteiger partial charge on any atom is 0.162 e. The van der Waals surface area contributed by atoms with E-state index in [4.69, 9.17) is 16.9 Å². The number of rotatable bonds is 5. The van der Waals surface area contributed by atoms with Crippen LogP contribution < -0.4 is 5.32 Å². The minimum atomic E-state index is -0.124. The number of halogens is 1. The highest BCUT2D eigenvalue weighted by molar-refractivity contribution is 7.10. The molecule has 0 amide bonds. The van der Waals surface area contributed by atoms with Crippen molar-refractivity contribution in [3.05, 3.63) is 10.7 Å². The third-order valence-electron chi connectivity index (χ3n) is 3.67. The van der Waals surface area contributed by atoms with Gasteiger partial charge in [-0.1, -0.05) is 24.4 Å². The minimum absolute atomic E-state index is 0.124. The Balaban J connectivity index is 1.73. The van der Waals surface area contributed by atoms with Crippen LogP contribution in [0.1, 0.15) is 44.1 Å². The van der Waals surface area contributed by atoms with Gasteiger partial charge in [0, 0.05) is 6.54 Å². The number of anilines is 1. The first-order valence-corrected chi connectivity index (χ1v) is 7.84. The highest BCUT2D eigenvalue weighted by Gasteiger charge is 2.22. The lowest BCUT2D eigenvalue weighted by molar-refractivity contribution is 0.0648. The summed E-state index contributed by atoms with van der Waals surface area (Å²) in [5.74, 6) is 0.441. The van der Waals surface area contributed by atoms with Crippen molar-refractivity contribution in [2.24, 2.45) is 5.92 Å². The molecule has 1 aromatic heterocycles. The number of nitrogens with zero attached hydrogens (tertiary/aromatic N) is 2. The molecule has 6 heteroatoms. The zero-order valence-electron chi connectivity index (χ0n) is 10.7. The molecule has 0 bridgehead atoms. The van der Waals surface area contributed by atoms with Crippen LogP contribution in [-0.2, 0) is 0 Å². The molecule has 0 aliphatic heterocycles. The number of hydrogen-bond donors (Lipinski definition) is 2. The number of nitriles is 1. The van der Waals surface area contributed by atoms with Gasteiger partial charge < -0.3 is 10.4 Å². The first kappa shape index (κ1) is 14.6. The van der Waals surface area contributed by atoms with Crippen LogP contribution in [0.15, 0.2) is 0 Å². The number of aliphatic hydroxyl groups excluding tert-OH is 1. The Morgan fingerprint density at radius 1 is 1.47 bits per heavy atom. The fraction of sp³-hybridized carbons (Fsp3) is 0.692. The molecule has 0 aromatic carbocycles. The van der Waals surface area contributed by atoms with Gasteiger partial charge in [0.05, 0.1) is 6.10 Å². The molecular weight excluding hydrogens is 282 g/mol. The fourth-order valence-corrected chi connectivity index (χ4v) is 3.54. The highest BCUT2D eigenvalue weighted by Crippen LogP contribution is 2.29. The third-order valence-corrected chi connectivity index (χ3v) is 4.85. The summed E-state index contributed by atoms with van der Waals surface area (Å²) >= 11 is 7.02. The number of hydrogen-bond acceptors (Lipinski definition) is 5. The Hall–Kier alpha value is -0.830. The lowest BCUT2D eigenvalue weighted by atomic mass is 9.83. The van der Waals surface area contributed by atoms with E-state index in [2.05, 4.69) is 15.8 Å². The van der Waals surface area contributed by atoms with Crippen molar-refractivity contribution in [3.63, 3.8) is 0 Å². The highest BCUT2D eigenvalue weighted by atomic mass is 35.5. The second kappa shape index (κ2) is 7.09. The van der Waals surface area contributed by atoms with Crippen LogP contribution >= 0.6 is 23.1 Å². The predicted octanol–water partition coefficient (Wildman–Crippen LogP) is 3.41. The van der Waals surface area contributed by atoms with Crippen molar-refractivity contribution in [2.45, 2.75) is 44.6 Å². The molecular formula is C13H18ClN3OS. The van der Waals surface area contributed by atoms with Gasteiger partial charge in [-0.2, -0.15) is 9.64 Å². The Morgan fingerprint density at radius 3 is 3.00 bits per heavy atom. The van der Waals surface area contributed by atoms with Crippen LogP contribution in [0.2, 0.25) is 5.15 Å². The largest absolute Gasteiger partial charge is 0.393 e. The minimum Gasteiger partial charge on any atom is -0.393 e. The lowest BCUT2D eigenvalue weighted by Gasteiger charge is -2.27. The van der Waals surface area contributed by atoms with E-state index in [0.717, 1.165) is 43.6 Å². The molecule has 2 rings (SSSR count). The van der Waals surface area contributed by atoms with Gasteiger partial charge in [0.1, 0.15) is 16.6 Å². The molecule has 4 nitrogen and oxygen atoms in total. The summed E-state index contributed by atoms with van der Waals surface area (Å²) in [5.41, 5.74) is 0.435. The molecule has 1 aromatic rings. The smallest absolute Gasteiger partial charge is 0.162 e. The Kier molecular flexibility index (Phi) is 5.44. The first-order valence-electron chi connectivity index (χ1n) is 6.69. The molecule has 1 aliphatic carbocycles. The van der Waals surface area contributed by atoms with Crippen LogP contribution in [0.25, 0.3) is 0 Å². The van der Waals surface area contributed by atoms with Crippen LogP contribution in [0.4, 0.5) is 5.00 Å². The number of aromatic nitrogens is 1. The van der Waals surface area contributed by atoms with Gasteiger partial charge in [-0.3, -0.25) is 0 Å². The zero-order chi connectivity index (χ0) is 13.7. The van der Waals surface area contributed by atoms with E-state index >= 15 is 0 Å². The van der Waals surface area contributed by atoms with E-state index in [9.17, 15) is 5.11 Å². The standard InChI is InChI=1S/C13H18ClN3OS/c14-12-10(8-15)13(19-17-12)16-7-3-5-9-4-1-2-6-11(9)18/h9,11,16,18H,1-7H2. The third kappa shape index (κ3) is 3.82. The molecule has 0 radical (unpaired) electrons. The van der Waals surface area contributed by atoms with Crippen LogP contribution in [0, 0.1) is 17.2 Å². The summed E-state index contributed by atoms with van der Waals surface area (Å²) in [6, 6.07) is 2.05. The molecule has 2 N–H and O–H groups in total. The summed E-state index contributed by atoms with van der Waals surface area (Å²) in [6.45, 7) is 0.788. The summed E-state index contributed by atoms with van der Waals surface area (Å²) in [6.07, 6.45) is 6.36.